The maximum atomic E-state index is 12.8. The van der Waals surface area contributed by atoms with Gasteiger partial charge in [-0.25, -0.2) is 4.98 Å². The van der Waals surface area contributed by atoms with E-state index in [9.17, 15) is 9.59 Å². The highest BCUT2D eigenvalue weighted by Crippen LogP contribution is 2.24. The van der Waals surface area contributed by atoms with Crippen molar-refractivity contribution >= 4 is 51.2 Å². The zero-order chi connectivity index (χ0) is 21.9. The molecular formula is C24H17N5O2S. The van der Waals surface area contributed by atoms with Crippen LogP contribution in [0.25, 0.3) is 22.1 Å². The van der Waals surface area contributed by atoms with Gasteiger partial charge in [0.25, 0.3) is 0 Å². The van der Waals surface area contributed by atoms with Crippen molar-refractivity contribution in [1.82, 2.24) is 20.2 Å². The lowest BCUT2D eigenvalue weighted by Crippen LogP contribution is -2.17. The molecule has 0 bridgehead atoms. The Morgan fingerprint density at radius 1 is 0.875 bits per heavy atom. The number of carbonyl (C=O) groups excluding carboxylic acids is 2. The molecule has 0 saturated heterocycles. The second-order valence-corrected chi connectivity index (χ2v) is 7.98. The number of nitrogens with zero attached hydrogens (tertiary/aromatic N) is 3. The minimum atomic E-state index is -0.261. The maximum Gasteiger partial charge on any atom is 0.234 e. The Labute approximate surface area is 187 Å². The van der Waals surface area contributed by atoms with E-state index in [1.54, 1.807) is 36.4 Å². The van der Waals surface area contributed by atoms with E-state index in [4.69, 9.17) is 0 Å². The predicted octanol–water partition coefficient (Wildman–Crippen LogP) is 4.47. The number of amides is 1. The maximum absolute atomic E-state index is 12.8. The van der Waals surface area contributed by atoms with Crippen LogP contribution in [0.15, 0.2) is 84.0 Å². The van der Waals surface area contributed by atoms with E-state index < -0.39 is 0 Å². The van der Waals surface area contributed by atoms with Gasteiger partial charge in [0.2, 0.25) is 11.1 Å². The minimum Gasteiger partial charge on any atom is -0.338 e. The van der Waals surface area contributed by atoms with Crippen LogP contribution in [-0.2, 0) is 4.79 Å². The van der Waals surface area contributed by atoms with Crippen LogP contribution in [-0.4, -0.2) is 37.6 Å². The van der Waals surface area contributed by atoms with Crippen molar-refractivity contribution in [2.45, 2.75) is 5.16 Å². The molecule has 0 saturated carbocycles. The number of nitrogens with one attached hydrogen (secondary N) is 2. The summed E-state index contributed by atoms with van der Waals surface area (Å²) in [6.07, 6.45) is 0. The summed E-state index contributed by atoms with van der Waals surface area (Å²) in [4.78, 5) is 33.1. The van der Waals surface area contributed by atoms with Crippen molar-refractivity contribution in [1.29, 1.82) is 0 Å². The van der Waals surface area contributed by atoms with Crippen LogP contribution in [0, 0.1) is 0 Å². The van der Waals surface area contributed by atoms with Gasteiger partial charge in [0, 0.05) is 22.0 Å². The number of hydrogen-bond acceptors (Lipinski definition) is 6. The number of rotatable bonds is 6. The number of fused-ring (bicyclic) bond motifs is 3. The number of aromatic amines is 1. The van der Waals surface area contributed by atoms with E-state index >= 15 is 0 Å². The Balaban J connectivity index is 1.29. The van der Waals surface area contributed by atoms with Gasteiger partial charge in [0.05, 0.1) is 11.4 Å². The fourth-order valence-electron chi connectivity index (χ4n) is 3.42. The summed E-state index contributed by atoms with van der Waals surface area (Å²) >= 11 is 1.18. The first-order chi connectivity index (χ1) is 15.7. The molecule has 2 heterocycles. The highest BCUT2D eigenvalue weighted by atomic mass is 32.2. The molecule has 2 N–H and O–H groups in total. The van der Waals surface area contributed by atoms with Gasteiger partial charge in [-0.3, -0.25) is 9.59 Å². The topological polar surface area (TPSA) is 101 Å². The van der Waals surface area contributed by atoms with Crippen LogP contribution in [0.1, 0.15) is 15.9 Å². The van der Waals surface area contributed by atoms with Gasteiger partial charge < -0.3 is 10.3 Å². The van der Waals surface area contributed by atoms with E-state index in [2.05, 4.69) is 25.5 Å². The number of thioether (sulfide) groups is 1. The van der Waals surface area contributed by atoms with Crippen LogP contribution >= 0.6 is 11.8 Å². The molecule has 5 aromatic rings. The van der Waals surface area contributed by atoms with E-state index in [0.29, 0.717) is 33.1 Å². The molecule has 3 aromatic carbocycles. The molecule has 156 valence electrons. The quantitative estimate of drug-likeness (QED) is 0.299. The van der Waals surface area contributed by atoms with Crippen molar-refractivity contribution in [3.05, 3.63) is 90.0 Å². The molecule has 0 radical (unpaired) electrons. The van der Waals surface area contributed by atoms with Crippen molar-refractivity contribution in [2.24, 2.45) is 0 Å². The Hall–Kier alpha value is -4.04. The van der Waals surface area contributed by atoms with Gasteiger partial charge in [-0.2, -0.15) is 0 Å². The molecule has 1 amide bonds. The third-order valence-electron chi connectivity index (χ3n) is 4.92. The van der Waals surface area contributed by atoms with Crippen LogP contribution in [0.3, 0.4) is 0 Å². The molecule has 32 heavy (non-hydrogen) atoms. The highest BCUT2D eigenvalue weighted by Gasteiger charge is 2.16. The summed E-state index contributed by atoms with van der Waals surface area (Å²) in [5.74, 6) is -0.323. The molecular weight excluding hydrogens is 422 g/mol. The molecule has 8 heteroatoms. The SMILES string of the molecule is O=C(CSc1nnc2c(n1)[nH]c1ccccc12)Nc1ccccc1C(=O)c1ccccc1. The molecule has 0 spiro atoms. The highest BCUT2D eigenvalue weighted by molar-refractivity contribution is 7.99. The van der Waals surface area contributed by atoms with Crippen molar-refractivity contribution in [3.8, 4) is 0 Å². The van der Waals surface area contributed by atoms with Gasteiger partial charge in [-0.1, -0.05) is 72.4 Å². The van der Waals surface area contributed by atoms with Crippen molar-refractivity contribution < 1.29 is 9.59 Å². The van der Waals surface area contributed by atoms with Gasteiger partial charge >= 0.3 is 0 Å². The second-order valence-electron chi connectivity index (χ2n) is 7.04. The molecule has 7 nitrogen and oxygen atoms in total. The second kappa shape index (κ2) is 8.60. The van der Waals surface area contributed by atoms with Gasteiger partial charge in [0.15, 0.2) is 11.4 Å². The lowest BCUT2D eigenvalue weighted by Gasteiger charge is -2.10. The number of ketones is 1. The number of hydrogen-bond donors (Lipinski definition) is 2. The fraction of sp³-hybridized carbons (Fsp3) is 0.0417. The van der Waals surface area contributed by atoms with Crippen LogP contribution in [0.5, 0.6) is 0 Å². The molecule has 0 aliphatic rings. The number of carbonyl (C=O) groups is 2. The summed E-state index contributed by atoms with van der Waals surface area (Å²) in [6.45, 7) is 0. The average Bonchev–Trinajstić information content (AvgIpc) is 3.21. The molecule has 0 atom stereocenters. The Bertz CT molecular complexity index is 1450. The third kappa shape index (κ3) is 3.95. The molecule has 0 aliphatic heterocycles. The van der Waals surface area contributed by atoms with Crippen LogP contribution in [0.4, 0.5) is 5.69 Å². The van der Waals surface area contributed by atoms with Gasteiger partial charge in [-0.15, -0.1) is 10.2 Å². The Kier molecular flexibility index (Phi) is 5.35. The lowest BCUT2D eigenvalue weighted by molar-refractivity contribution is -0.113. The standard InChI is InChI=1S/C24H17N5O2S/c30-20(25-19-13-7-5-11-17(19)22(31)15-8-2-1-3-9-15)14-32-24-27-23-21(28-29-24)16-10-4-6-12-18(16)26-23/h1-13H,14H2,(H,25,30)(H,26,27,29). The number of para-hydroxylation sites is 2. The summed E-state index contributed by atoms with van der Waals surface area (Å²) in [7, 11) is 0. The van der Waals surface area contributed by atoms with Crippen molar-refractivity contribution in [3.63, 3.8) is 0 Å². The summed E-state index contributed by atoms with van der Waals surface area (Å²) in [5, 5.41) is 12.6. The lowest BCUT2D eigenvalue weighted by atomic mass is 10.0. The molecule has 0 fully saturated rings. The van der Waals surface area contributed by atoms with Gasteiger partial charge in [-0.05, 0) is 18.2 Å². The normalized spacial score (nSPS) is 11.0. The molecule has 5 rings (SSSR count). The smallest absolute Gasteiger partial charge is 0.234 e. The Morgan fingerprint density at radius 3 is 2.50 bits per heavy atom. The monoisotopic (exact) mass is 439 g/mol. The van der Waals surface area contributed by atoms with E-state index in [-0.39, 0.29) is 17.4 Å². The predicted molar refractivity (Wildman–Crippen MR) is 125 cm³/mol. The first kappa shape index (κ1) is 19.9. The minimum absolute atomic E-state index is 0.0846. The van der Waals surface area contributed by atoms with Crippen LogP contribution in [0.2, 0.25) is 0 Å². The molecule has 2 aromatic heterocycles. The van der Waals surface area contributed by atoms with E-state index in [1.165, 1.54) is 11.8 Å². The van der Waals surface area contributed by atoms with Crippen molar-refractivity contribution in [2.75, 3.05) is 11.1 Å². The zero-order valence-electron chi connectivity index (χ0n) is 16.8. The number of anilines is 1. The fourth-order valence-corrected chi connectivity index (χ4v) is 4.01. The molecule has 0 aliphatic carbocycles. The summed E-state index contributed by atoms with van der Waals surface area (Å²) in [6, 6.07) is 23.7. The van der Waals surface area contributed by atoms with Crippen LogP contribution < -0.4 is 5.32 Å². The largest absolute Gasteiger partial charge is 0.338 e. The Morgan fingerprint density at radius 2 is 1.62 bits per heavy atom. The summed E-state index contributed by atoms with van der Waals surface area (Å²) in [5.41, 5.74) is 3.73. The number of benzene rings is 3. The molecule has 0 unspecified atom stereocenters. The third-order valence-corrected chi connectivity index (χ3v) is 5.75. The zero-order valence-corrected chi connectivity index (χ0v) is 17.6. The first-order valence-corrected chi connectivity index (χ1v) is 10.9. The number of aromatic nitrogens is 4. The van der Waals surface area contributed by atoms with E-state index in [0.717, 1.165) is 10.9 Å². The average molecular weight is 440 g/mol. The van der Waals surface area contributed by atoms with Gasteiger partial charge in [0.1, 0.15) is 5.52 Å². The first-order valence-electron chi connectivity index (χ1n) is 9.91. The number of H-pyrrole nitrogens is 1. The summed E-state index contributed by atoms with van der Waals surface area (Å²) < 4.78 is 0. The van der Waals surface area contributed by atoms with E-state index in [1.807, 2.05) is 42.5 Å².